The maximum atomic E-state index is 12.4. The first-order valence-corrected chi connectivity index (χ1v) is 8.78. The van der Waals surface area contributed by atoms with Crippen LogP contribution in [0.3, 0.4) is 0 Å². The third-order valence-corrected chi connectivity index (χ3v) is 4.67. The first kappa shape index (κ1) is 18.3. The molecule has 2 rings (SSSR count). The Balaban J connectivity index is 1.89. The number of aliphatic carboxylic acids is 1. The molecule has 0 aromatic heterocycles. The average molecular weight is 333 g/mol. The number of carboxylic acid groups (broad SMARTS) is 1. The minimum Gasteiger partial charge on any atom is -0.494 e. The highest BCUT2D eigenvalue weighted by atomic mass is 16.5. The number of aryl methyl sites for hydroxylation is 1. The van der Waals surface area contributed by atoms with Crippen LogP contribution in [0.2, 0.25) is 0 Å². The molecule has 0 heterocycles. The zero-order chi connectivity index (χ0) is 17.5. The summed E-state index contributed by atoms with van der Waals surface area (Å²) in [7, 11) is 0. The molecule has 1 amide bonds. The van der Waals surface area contributed by atoms with Crippen molar-refractivity contribution in [1.29, 1.82) is 0 Å². The fourth-order valence-corrected chi connectivity index (χ4v) is 3.04. The zero-order valence-electron chi connectivity index (χ0n) is 14.5. The number of ether oxygens (including phenoxy) is 1. The first-order chi connectivity index (χ1) is 11.5. The fraction of sp³-hybridized carbons (Fsp3) is 0.579. The van der Waals surface area contributed by atoms with Crippen LogP contribution in [0.4, 0.5) is 5.69 Å². The van der Waals surface area contributed by atoms with Gasteiger partial charge in [-0.3, -0.25) is 9.59 Å². The predicted octanol–water partition coefficient (Wildman–Crippen LogP) is 4.00. The van der Waals surface area contributed by atoms with Gasteiger partial charge in [0, 0.05) is 11.6 Å². The molecule has 0 unspecified atom stereocenters. The molecule has 0 aliphatic heterocycles. The van der Waals surface area contributed by atoms with Crippen LogP contribution >= 0.6 is 0 Å². The molecule has 0 radical (unpaired) electrons. The number of amides is 1. The maximum Gasteiger partial charge on any atom is 0.306 e. The molecule has 1 fully saturated rings. The second-order valence-electron chi connectivity index (χ2n) is 6.55. The van der Waals surface area contributed by atoms with E-state index in [1.807, 2.05) is 25.1 Å². The van der Waals surface area contributed by atoms with Crippen molar-refractivity contribution >= 4 is 17.6 Å². The van der Waals surface area contributed by atoms with Crippen molar-refractivity contribution in [3.63, 3.8) is 0 Å². The Bertz CT molecular complexity index is 577. The van der Waals surface area contributed by atoms with Gasteiger partial charge < -0.3 is 15.2 Å². The molecule has 5 heteroatoms. The molecule has 24 heavy (non-hydrogen) atoms. The Labute approximate surface area is 143 Å². The van der Waals surface area contributed by atoms with Crippen molar-refractivity contribution in [2.45, 2.75) is 52.4 Å². The number of hydrogen-bond donors (Lipinski definition) is 2. The van der Waals surface area contributed by atoms with Gasteiger partial charge in [0.25, 0.3) is 0 Å². The third kappa shape index (κ3) is 4.98. The molecule has 0 atom stereocenters. The highest BCUT2D eigenvalue weighted by Crippen LogP contribution is 2.30. The van der Waals surface area contributed by atoms with Crippen molar-refractivity contribution in [2.75, 3.05) is 11.9 Å². The van der Waals surface area contributed by atoms with Crippen molar-refractivity contribution in [3.8, 4) is 5.75 Å². The summed E-state index contributed by atoms with van der Waals surface area (Å²) in [6.45, 7) is 4.77. The number of benzene rings is 1. The topological polar surface area (TPSA) is 75.6 Å². The Morgan fingerprint density at radius 2 is 1.88 bits per heavy atom. The van der Waals surface area contributed by atoms with E-state index < -0.39 is 5.97 Å². The summed E-state index contributed by atoms with van der Waals surface area (Å²) >= 11 is 0. The predicted molar refractivity (Wildman–Crippen MR) is 93.3 cm³/mol. The zero-order valence-corrected chi connectivity index (χ0v) is 14.5. The van der Waals surface area contributed by atoms with E-state index in [1.54, 1.807) is 0 Å². The first-order valence-electron chi connectivity index (χ1n) is 8.78. The molecule has 0 spiro atoms. The van der Waals surface area contributed by atoms with Crippen molar-refractivity contribution in [1.82, 2.24) is 0 Å². The van der Waals surface area contributed by atoms with E-state index in [4.69, 9.17) is 9.84 Å². The summed E-state index contributed by atoms with van der Waals surface area (Å²) in [5, 5.41) is 12.0. The molecule has 1 aromatic carbocycles. The van der Waals surface area contributed by atoms with Gasteiger partial charge in [-0.2, -0.15) is 0 Å². The van der Waals surface area contributed by atoms with Gasteiger partial charge >= 0.3 is 5.97 Å². The van der Waals surface area contributed by atoms with Gasteiger partial charge in [0.2, 0.25) is 5.91 Å². The minimum absolute atomic E-state index is 0.0124. The van der Waals surface area contributed by atoms with E-state index in [0.717, 1.165) is 29.8 Å². The quantitative estimate of drug-likeness (QED) is 0.739. The minimum atomic E-state index is -0.747. The van der Waals surface area contributed by atoms with Crippen molar-refractivity contribution in [3.05, 3.63) is 23.8 Å². The van der Waals surface area contributed by atoms with Gasteiger partial charge in [-0.1, -0.05) is 13.3 Å². The summed E-state index contributed by atoms with van der Waals surface area (Å²) in [6, 6.07) is 5.68. The Morgan fingerprint density at radius 3 is 2.46 bits per heavy atom. The Morgan fingerprint density at radius 1 is 1.21 bits per heavy atom. The third-order valence-electron chi connectivity index (χ3n) is 4.67. The monoisotopic (exact) mass is 333 g/mol. The maximum absolute atomic E-state index is 12.4. The number of carbonyl (C=O) groups excluding carboxylic acids is 1. The summed E-state index contributed by atoms with van der Waals surface area (Å²) in [6.07, 6.45) is 4.56. The normalized spacial score (nSPS) is 20.4. The number of rotatable bonds is 7. The Hall–Kier alpha value is -2.04. The van der Waals surface area contributed by atoms with E-state index in [0.29, 0.717) is 32.3 Å². The van der Waals surface area contributed by atoms with Crippen LogP contribution in [0.1, 0.15) is 51.0 Å². The number of carboxylic acids is 1. The summed E-state index contributed by atoms with van der Waals surface area (Å²) in [4.78, 5) is 23.4. The molecular weight excluding hydrogens is 306 g/mol. The van der Waals surface area contributed by atoms with Crippen molar-refractivity contribution in [2.24, 2.45) is 11.8 Å². The molecule has 0 saturated heterocycles. The van der Waals surface area contributed by atoms with Crippen LogP contribution in [-0.4, -0.2) is 23.6 Å². The molecule has 5 nitrogen and oxygen atoms in total. The van der Waals surface area contributed by atoms with Gasteiger partial charge in [-0.25, -0.2) is 0 Å². The average Bonchev–Trinajstić information content (AvgIpc) is 2.57. The molecule has 1 aromatic rings. The summed E-state index contributed by atoms with van der Waals surface area (Å²) in [5.41, 5.74) is 1.76. The molecule has 1 aliphatic rings. The van der Waals surface area contributed by atoms with Crippen LogP contribution in [0.25, 0.3) is 0 Å². The lowest BCUT2D eigenvalue weighted by Gasteiger charge is -2.25. The molecule has 2 N–H and O–H groups in total. The second-order valence-corrected chi connectivity index (χ2v) is 6.55. The number of unbranched alkanes of at least 4 members (excludes halogenated alkanes) is 1. The lowest BCUT2D eigenvalue weighted by atomic mass is 9.81. The standard InChI is InChI=1S/C19H27NO4/c1-3-4-11-24-16-9-10-17(13(2)12-16)20-18(21)14-5-7-15(8-6-14)19(22)23/h9-10,12,14-15H,3-8,11H2,1-2H3,(H,20,21)(H,22,23). The van der Waals surface area contributed by atoms with Gasteiger partial charge in [0.15, 0.2) is 0 Å². The molecule has 132 valence electrons. The second kappa shape index (κ2) is 8.71. The van der Waals surface area contributed by atoms with Gasteiger partial charge in [-0.05, 0) is 62.8 Å². The summed E-state index contributed by atoms with van der Waals surface area (Å²) < 4.78 is 5.67. The van der Waals surface area contributed by atoms with E-state index >= 15 is 0 Å². The molecule has 1 saturated carbocycles. The SMILES string of the molecule is CCCCOc1ccc(NC(=O)C2CCC(C(=O)O)CC2)c(C)c1. The van der Waals surface area contributed by atoms with Crippen LogP contribution in [0, 0.1) is 18.8 Å². The Kier molecular flexibility index (Phi) is 6.64. The lowest BCUT2D eigenvalue weighted by molar-refractivity contribution is -0.143. The van der Waals surface area contributed by atoms with Crippen LogP contribution in [-0.2, 0) is 9.59 Å². The van der Waals surface area contributed by atoms with Gasteiger partial charge in [-0.15, -0.1) is 0 Å². The van der Waals surface area contributed by atoms with Crippen LogP contribution in [0.5, 0.6) is 5.75 Å². The highest BCUT2D eigenvalue weighted by molar-refractivity contribution is 5.93. The smallest absolute Gasteiger partial charge is 0.306 e. The largest absolute Gasteiger partial charge is 0.494 e. The highest BCUT2D eigenvalue weighted by Gasteiger charge is 2.29. The number of nitrogens with one attached hydrogen (secondary N) is 1. The number of hydrogen-bond acceptors (Lipinski definition) is 3. The number of anilines is 1. The fourth-order valence-electron chi connectivity index (χ4n) is 3.04. The lowest BCUT2D eigenvalue weighted by Crippen LogP contribution is -2.29. The van der Waals surface area contributed by atoms with E-state index in [9.17, 15) is 9.59 Å². The van der Waals surface area contributed by atoms with E-state index in [1.165, 1.54) is 0 Å². The van der Waals surface area contributed by atoms with Crippen LogP contribution in [0.15, 0.2) is 18.2 Å². The molecule has 0 bridgehead atoms. The van der Waals surface area contributed by atoms with Gasteiger partial charge in [0.1, 0.15) is 5.75 Å². The van der Waals surface area contributed by atoms with Crippen LogP contribution < -0.4 is 10.1 Å². The summed E-state index contributed by atoms with van der Waals surface area (Å²) in [5.74, 6) is -0.332. The van der Waals surface area contributed by atoms with Crippen molar-refractivity contribution < 1.29 is 19.4 Å². The molecular formula is C19H27NO4. The van der Waals surface area contributed by atoms with Gasteiger partial charge in [0.05, 0.1) is 12.5 Å². The van der Waals surface area contributed by atoms with E-state index in [2.05, 4.69) is 12.2 Å². The molecule has 1 aliphatic carbocycles. The number of carbonyl (C=O) groups is 2. The van der Waals surface area contributed by atoms with E-state index in [-0.39, 0.29) is 17.7 Å².